The summed E-state index contributed by atoms with van der Waals surface area (Å²) in [5.74, 6) is -0.102. The third-order valence-corrected chi connectivity index (χ3v) is 4.52. The smallest absolute Gasteiger partial charge is 0.275 e. The van der Waals surface area contributed by atoms with Crippen molar-refractivity contribution in [2.45, 2.75) is 13.0 Å². The Kier molecular flexibility index (Phi) is 3.31. The molecule has 2 N–H and O–H groups in total. The van der Waals surface area contributed by atoms with Gasteiger partial charge in [-0.3, -0.25) is 14.5 Å². The molecule has 24 heavy (non-hydrogen) atoms. The molecule has 0 spiro atoms. The van der Waals surface area contributed by atoms with E-state index in [9.17, 15) is 14.7 Å². The van der Waals surface area contributed by atoms with Crippen molar-refractivity contribution in [1.82, 2.24) is 14.8 Å². The second kappa shape index (κ2) is 5.38. The van der Waals surface area contributed by atoms with Gasteiger partial charge in [0, 0.05) is 22.7 Å². The van der Waals surface area contributed by atoms with Crippen LogP contribution in [0.1, 0.15) is 12.5 Å². The molecule has 0 bridgehead atoms. The lowest BCUT2D eigenvalue weighted by Crippen LogP contribution is -2.54. The van der Waals surface area contributed by atoms with Gasteiger partial charge >= 0.3 is 0 Å². The Balaban J connectivity index is 1.85. The van der Waals surface area contributed by atoms with Crippen molar-refractivity contribution in [3.8, 4) is 0 Å². The van der Waals surface area contributed by atoms with Crippen molar-refractivity contribution >= 4 is 28.5 Å². The summed E-state index contributed by atoms with van der Waals surface area (Å²) >= 11 is 0. The average Bonchev–Trinajstić information content (AvgIpc) is 3.21. The first-order chi connectivity index (χ1) is 11.6. The zero-order chi connectivity index (χ0) is 16.8. The molecule has 1 saturated heterocycles. The van der Waals surface area contributed by atoms with E-state index in [1.807, 2.05) is 24.3 Å². The molecule has 1 unspecified atom stereocenters. The van der Waals surface area contributed by atoms with Crippen LogP contribution in [-0.2, 0) is 14.3 Å². The topological polar surface area (TPSA) is 85.9 Å². The summed E-state index contributed by atoms with van der Waals surface area (Å²) in [6.45, 7) is 1.50. The standard InChI is InChI=1S/C17H17N3O4/c1-10(8-21)19-7-14(22)20-9-24-16(15(20)17(19)23)12-6-18-13-5-3-2-4-11(12)13/h2-6,10,18,21H,7-9H2,1H3. The van der Waals surface area contributed by atoms with Gasteiger partial charge in [0.25, 0.3) is 5.91 Å². The molecule has 2 aromatic rings. The van der Waals surface area contributed by atoms with Crippen LogP contribution in [0.3, 0.4) is 0 Å². The van der Waals surface area contributed by atoms with E-state index in [-0.39, 0.29) is 37.4 Å². The number of nitrogens with one attached hydrogen (secondary N) is 1. The van der Waals surface area contributed by atoms with E-state index < -0.39 is 6.04 Å². The highest BCUT2D eigenvalue weighted by Crippen LogP contribution is 2.36. The summed E-state index contributed by atoms with van der Waals surface area (Å²) < 4.78 is 5.71. The van der Waals surface area contributed by atoms with Crippen LogP contribution in [0, 0.1) is 0 Å². The fraction of sp³-hybridized carbons (Fsp3) is 0.294. The fourth-order valence-electron chi connectivity index (χ4n) is 3.15. The highest BCUT2D eigenvalue weighted by molar-refractivity contribution is 6.10. The molecule has 7 nitrogen and oxygen atoms in total. The highest BCUT2D eigenvalue weighted by Gasteiger charge is 2.43. The molecule has 0 aliphatic carbocycles. The van der Waals surface area contributed by atoms with Gasteiger partial charge in [0.2, 0.25) is 5.91 Å². The molecule has 2 amide bonds. The van der Waals surface area contributed by atoms with Gasteiger partial charge in [-0.15, -0.1) is 0 Å². The predicted molar refractivity (Wildman–Crippen MR) is 86.3 cm³/mol. The van der Waals surface area contributed by atoms with Crippen LogP contribution in [0.15, 0.2) is 36.2 Å². The lowest BCUT2D eigenvalue weighted by molar-refractivity contribution is -0.148. The summed E-state index contributed by atoms with van der Waals surface area (Å²) in [6, 6.07) is 7.27. The number of para-hydroxylation sites is 1. The number of carbonyl (C=O) groups excluding carboxylic acids is 2. The van der Waals surface area contributed by atoms with Crippen molar-refractivity contribution in [3.63, 3.8) is 0 Å². The van der Waals surface area contributed by atoms with E-state index in [0.717, 1.165) is 16.5 Å². The lowest BCUT2D eigenvalue weighted by Gasteiger charge is -2.35. The number of aliphatic hydroxyl groups is 1. The number of aromatic nitrogens is 1. The van der Waals surface area contributed by atoms with Crippen molar-refractivity contribution in [2.24, 2.45) is 0 Å². The number of aromatic amines is 1. The van der Waals surface area contributed by atoms with Crippen LogP contribution >= 0.6 is 0 Å². The summed E-state index contributed by atoms with van der Waals surface area (Å²) in [7, 11) is 0. The van der Waals surface area contributed by atoms with Crippen LogP contribution in [0.2, 0.25) is 0 Å². The third kappa shape index (κ3) is 2.01. The predicted octanol–water partition coefficient (Wildman–Crippen LogP) is 0.876. The van der Waals surface area contributed by atoms with Gasteiger partial charge < -0.3 is 19.7 Å². The van der Waals surface area contributed by atoms with Crippen molar-refractivity contribution in [1.29, 1.82) is 0 Å². The molecule has 1 aromatic heterocycles. The molecule has 0 radical (unpaired) electrons. The first-order valence-electron chi connectivity index (χ1n) is 7.77. The molecule has 2 aliphatic rings. The summed E-state index contributed by atoms with van der Waals surface area (Å²) in [5.41, 5.74) is 1.93. The number of benzene rings is 1. The first kappa shape index (κ1) is 14.8. The molecular formula is C17H17N3O4. The lowest BCUT2D eigenvalue weighted by atomic mass is 10.1. The molecular weight excluding hydrogens is 310 g/mol. The first-order valence-corrected chi connectivity index (χ1v) is 7.77. The highest BCUT2D eigenvalue weighted by atomic mass is 16.5. The largest absolute Gasteiger partial charge is 0.470 e. The number of carbonyl (C=O) groups is 2. The maximum Gasteiger partial charge on any atom is 0.275 e. The molecule has 0 saturated carbocycles. The number of aliphatic hydroxyl groups excluding tert-OH is 1. The van der Waals surface area contributed by atoms with Gasteiger partial charge in [0.1, 0.15) is 6.54 Å². The fourth-order valence-corrected chi connectivity index (χ4v) is 3.15. The maximum absolute atomic E-state index is 12.9. The second-order valence-electron chi connectivity index (χ2n) is 5.99. The zero-order valence-corrected chi connectivity index (χ0v) is 13.2. The molecule has 3 heterocycles. The summed E-state index contributed by atoms with van der Waals surface area (Å²) in [4.78, 5) is 31.1. The Morgan fingerprint density at radius 3 is 2.92 bits per heavy atom. The summed E-state index contributed by atoms with van der Waals surface area (Å²) in [5, 5.41) is 10.3. The number of rotatable bonds is 3. The van der Waals surface area contributed by atoms with Crippen LogP contribution in [0.4, 0.5) is 0 Å². The van der Waals surface area contributed by atoms with Crippen LogP contribution < -0.4 is 0 Å². The van der Waals surface area contributed by atoms with Gasteiger partial charge in [-0.25, -0.2) is 0 Å². The SMILES string of the molecule is CC(CO)N1CC(=O)N2COC(c3c[nH]c4ccccc34)=C2C1=O. The number of H-pyrrole nitrogens is 1. The Bertz CT molecular complexity index is 870. The van der Waals surface area contributed by atoms with E-state index in [4.69, 9.17) is 4.74 Å². The molecule has 1 aromatic carbocycles. The molecule has 7 heteroatoms. The molecule has 124 valence electrons. The third-order valence-electron chi connectivity index (χ3n) is 4.52. The normalized spacial score (nSPS) is 19.1. The van der Waals surface area contributed by atoms with Crippen LogP contribution in [0.5, 0.6) is 0 Å². The zero-order valence-electron chi connectivity index (χ0n) is 13.2. The van der Waals surface area contributed by atoms with E-state index in [0.29, 0.717) is 5.76 Å². The average molecular weight is 327 g/mol. The van der Waals surface area contributed by atoms with Crippen molar-refractivity contribution in [3.05, 3.63) is 41.7 Å². The van der Waals surface area contributed by atoms with Gasteiger partial charge in [-0.05, 0) is 13.0 Å². The number of amides is 2. The quantitative estimate of drug-likeness (QED) is 0.876. The number of nitrogens with zero attached hydrogens (tertiary/aromatic N) is 2. The van der Waals surface area contributed by atoms with E-state index in [1.165, 1.54) is 9.80 Å². The number of hydrogen-bond acceptors (Lipinski definition) is 4. The Morgan fingerprint density at radius 2 is 2.12 bits per heavy atom. The minimum absolute atomic E-state index is 0.0378. The minimum Gasteiger partial charge on any atom is -0.470 e. The van der Waals surface area contributed by atoms with Crippen molar-refractivity contribution < 1.29 is 19.4 Å². The van der Waals surface area contributed by atoms with E-state index in [2.05, 4.69) is 4.98 Å². The Morgan fingerprint density at radius 1 is 1.33 bits per heavy atom. The van der Waals surface area contributed by atoms with Crippen molar-refractivity contribution in [2.75, 3.05) is 19.9 Å². The molecule has 1 atom stereocenters. The monoisotopic (exact) mass is 327 g/mol. The van der Waals surface area contributed by atoms with Gasteiger partial charge in [-0.2, -0.15) is 0 Å². The minimum atomic E-state index is -0.430. The van der Waals surface area contributed by atoms with Crippen LogP contribution in [-0.4, -0.2) is 57.6 Å². The number of piperazine rings is 1. The number of ether oxygens (including phenoxy) is 1. The molecule has 4 rings (SSSR count). The van der Waals surface area contributed by atoms with Gasteiger partial charge in [0.05, 0.1) is 12.6 Å². The molecule has 2 aliphatic heterocycles. The van der Waals surface area contributed by atoms with Crippen LogP contribution in [0.25, 0.3) is 16.7 Å². The Hall–Kier alpha value is -2.80. The Labute approximate surface area is 138 Å². The van der Waals surface area contributed by atoms with E-state index >= 15 is 0 Å². The number of hydrogen-bond donors (Lipinski definition) is 2. The summed E-state index contributed by atoms with van der Waals surface area (Å²) in [6.07, 6.45) is 1.78. The number of fused-ring (bicyclic) bond motifs is 2. The second-order valence-corrected chi connectivity index (χ2v) is 5.99. The molecule has 1 fully saturated rings. The maximum atomic E-state index is 12.9. The van der Waals surface area contributed by atoms with E-state index in [1.54, 1.807) is 13.1 Å². The van der Waals surface area contributed by atoms with Gasteiger partial charge in [0.15, 0.2) is 18.2 Å². The van der Waals surface area contributed by atoms with Gasteiger partial charge in [-0.1, -0.05) is 18.2 Å².